The highest BCUT2D eigenvalue weighted by Gasteiger charge is 2.25. The second-order valence-corrected chi connectivity index (χ2v) is 9.54. The van der Waals surface area contributed by atoms with Crippen molar-refractivity contribution in [1.29, 1.82) is 0 Å². The third-order valence-corrected chi connectivity index (χ3v) is 7.03. The number of nitrogens with one attached hydrogen (secondary N) is 1. The second kappa shape index (κ2) is 10.6. The van der Waals surface area contributed by atoms with Gasteiger partial charge in [0.25, 0.3) is 11.8 Å². The van der Waals surface area contributed by atoms with E-state index >= 15 is 0 Å². The molecule has 1 saturated heterocycles. The molecule has 0 unspecified atom stereocenters. The summed E-state index contributed by atoms with van der Waals surface area (Å²) in [5.74, 6) is -1.07. The van der Waals surface area contributed by atoms with Gasteiger partial charge in [0, 0.05) is 49.3 Å². The Morgan fingerprint density at radius 3 is 2.43 bits per heavy atom. The molecule has 0 aliphatic carbocycles. The lowest BCUT2D eigenvalue weighted by Gasteiger charge is -2.34. The number of aromatic nitrogens is 1. The first kappa shape index (κ1) is 24.7. The highest BCUT2D eigenvalue weighted by Crippen LogP contribution is 2.27. The van der Waals surface area contributed by atoms with Crippen molar-refractivity contribution in [3.8, 4) is 0 Å². The number of likely N-dealkylation sites (N-methyl/N-ethyl adjacent to an activating group) is 1. The maximum absolute atomic E-state index is 14.1. The number of hydrogen-bond acceptors (Lipinski definition) is 3. The molecule has 3 aromatic carbocycles. The van der Waals surface area contributed by atoms with Crippen LogP contribution in [0.1, 0.15) is 38.9 Å². The molecule has 7 heteroatoms. The summed E-state index contributed by atoms with van der Waals surface area (Å²) in [6, 6.07) is 21.6. The molecule has 1 fully saturated rings. The van der Waals surface area contributed by atoms with E-state index in [2.05, 4.69) is 46.8 Å². The Hall–Kier alpha value is -3.97. The fourth-order valence-corrected chi connectivity index (χ4v) is 4.96. The Kier molecular flexibility index (Phi) is 7.06. The van der Waals surface area contributed by atoms with Gasteiger partial charge in [0.2, 0.25) is 0 Å². The number of carbonyl (C=O) groups excluding carboxylic acids is 2. The second-order valence-electron chi connectivity index (χ2n) is 9.54. The number of anilines is 1. The first-order valence-electron chi connectivity index (χ1n) is 12.7. The summed E-state index contributed by atoms with van der Waals surface area (Å²) in [6.45, 7) is 8.87. The largest absolute Gasteiger partial charge is 0.335 e. The summed E-state index contributed by atoms with van der Waals surface area (Å²) < 4.78 is 16.1. The van der Waals surface area contributed by atoms with E-state index in [0.29, 0.717) is 31.0 Å². The molecule has 37 heavy (non-hydrogen) atoms. The SMILES string of the molecule is CCN1CCN(C(=O)c2cc3cc(NC(=O)c4ccccc4F)ccc3n2Cc2cccc(C)c2)CC1. The van der Waals surface area contributed by atoms with Crippen molar-refractivity contribution in [3.63, 3.8) is 0 Å². The van der Waals surface area contributed by atoms with Crippen LogP contribution in [0, 0.1) is 12.7 Å². The van der Waals surface area contributed by atoms with E-state index in [1.54, 1.807) is 18.2 Å². The van der Waals surface area contributed by atoms with Crippen molar-refractivity contribution in [3.05, 3.63) is 101 Å². The number of fused-ring (bicyclic) bond motifs is 1. The van der Waals surface area contributed by atoms with Crippen LogP contribution < -0.4 is 5.32 Å². The Labute approximate surface area is 216 Å². The van der Waals surface area contributed by atoms with E-state index in [-0.39, 0.29) is 11.5 Å². The zero-order valence-corrected chi connectivity index (χ0v) is 21.2. The van der Waals surface area contributed by atoms with Gasteiger partial charge in [0.1, 0.15) is 11.5 Å². The van der Waals surface area contributed by atoms with Gasteiger partial charge in [-0.05, 0) is 55.4 Å². The van der Waals surface area contributed by atoms with Crippen molar-refractivity contribution in [2.75, 3.05) is 38.0 Å². The fourth-order valence-electron chi connectivity index (χ4n) is 4.96. The topological polar surface area (TPSA) is 57.6 Å². The minimum absolute atomic E-state index is 0.0107. The highest BCUT2D eigenvalue weighted by atomic mass is 19.1. The molecule has 2 amide bonds. The summed E-state index contributed by atoms with van der Waals surface area (Å²) in [7, 11) is 0. The minimum atomic E-state index is -0.568. The molecule has 1 aliphatic rings. The smallest absolute Gasteiger partial charge is 0.270 e. The molecule has 0 radical (unpaired) electrons. The van der Waals surface area contributed by atoms with Crippen LogP contribution in [-0.4, -0.2) is 58.9 Å². The zero-order chi connectivity index (χ0) is 25.9. The maximum Gasteiger partial charge on any atom is 0.270 e. The zero-order valence-electron chi connectivity index (χ0n) is 21.2. The molecule has 0 saturated carbocycles. The minimum Gasteiger partial charge on any atom is -0.335 e. The maximum atomic E-state index is 14.1. The first-order valence-corrected chi connectivity index (χ1v) is 12.7. The van der Waals surface area contributed by atoms with Crippen LogP contribution in [0.2, 0.25) is 0 Å². The van der Waals surface area contributed by atoms with Gasteiger partial charge in [0.15, 0.2) is 0 Å². The molecule has 5 rings (SSSR count). The molecular weight excluding hydrogens is 467 g/mol. The predicted octanol–water partition coefficient (Wildman–Crippen LogP) is 5.17. The number of halogens is 1. The molecule has 0 atom stereocenters. The number of nitrogens with zero attached hydrogens (tertiary/aromatic N) is 3. The van der Waals surface area contributed by atoms with Crippen LogP contribution in [-0.2, 0) is 6.54 Å². The monoisotopic (exact) mass is 498 g/mol. The van der Waals surface area contributed by atoms with E-state index in [9.17, 15) is 14.0 Å². The Bertz CT molecular complexity index is 1450. The lowest BCUT2D eigenvalue weighted by Crippen LogP contribution is -2.48. The van der Waals surface area contributed by atoms with Crippen LogP contribution in [0.15, 0.2) is 72.8 Å². The van der Waals surface area contributed by atoms with E-state index in [1.165, 1.54) is 12.1 Å². The average molecular weight is 499 g/mol. The highest BCUT2D eigenvalue weighted by molar-refractivity contribution is 6.06. The van der Waals surface area contributed by atoms with E-state index in [0.717, 1.165) is 41.7 Å². The van der Waals surface area contributed by atoms with Gasteiger partial charge in [-0.25, -0.2) is 4.39 Å². The fraction of sp³-hybridized carbons (Fsp3) is 0.267. The quantitative estimate of drug-likeness (QED) is 0.399. The summed E-state index contributed by atoms with van der Waals surface area (Å²) in [5, 5.41) is 3.63. The molecule has 6 nitrogen and oxygen atoms in total. The third kappa shape index (κ3) is 5.27. The third-order valence-electron chi connectivity index (χ3n) is 7.03. The Balaban J connectivity index is 1.49. The number of benzene rings is 3. The molecule has 0 bridgehead atoms. The molecule has 4 aromatic rings. The van der Waals surface area contributed by atoms with Crippen LogP contribution in [0.3, 0.4) is 0 Å². The van der Waals surface area contributed by atoms with Gasteiger partial charge in [-0.15, -0.1) is 0 Å². The molecule has 190 valence electrons. The number of aryl methyl sites for hydroxylation is 1. The van der Waals surface area contributed by atoms with Gasteiger partial charge in [-0.1, -0.05) is 48.9 Å². The molecule has 1 N–H and O–H groups in total. The van der Waals surface area contributed by atoms with E-state index in [1.807, 2.05) is 29.2 Å². The van der Waals surface area contributed by atoms with E-state index in [4.69, 9.17) is 0 Å². The molecule has 2 heterocycles. The van der Waals surface area contributed by atoms with Crippen LogP contribution in [0.5, 0.6) is 0 Å². The van der Waals surface area contributed by atoms with Crippen molar-refractivity contribution in [1.82, 2.24) is 14.4 Å². The summed E-state index contributed by atoms with van der Waals surface area (Å²) in [4.78, 5) is 30.6. The molecule has 0 spiro atoms. The van der Waals surface area contributed by atoms with Crippen molar-refractivity contribution in [2.24, 2.45) is 0 Å². The number of carbonyl (C=O) groups is 2. The number of amides is 2. The van der Waals surface area contributed by atoms with Crippen LogP contribution >= 0.6 is 0 Å². The first-order chi connectivity index (χ1) is 17.9. The molecule has 1 aromatic heterocycles. The number of rotatable bonds is 6. The molecular formula is C30H31FN4O2. The van der Waals surface area contributed by atoms with Gasteiger partial charge < -0.3 is 19.7 Å². The van der Waals surface area contributed by atoms with E-state index < -0.39 is 11.7 Å². The summed E-state index contributed by atoms with van der Waals surface area (Å²) in [5.41, 5.74) is 4.33. The Morgan fingerprint density at radius 2 is 1.70 bits per heavy atom. The van der Waals surface area contributed by atoms with Crippen molar-refractivity contribution >= 4 is 28.4 Å². The normalized spacial score (nSPS) is 14.2. The lowest BCUT2D eigenvalue weighted by atomic mass is 10.1. The lowest BCUT2D eigenvalue weighted by molar-refractivity contribution is 0.0633. The van der Waals surface area contributed by atoms with Gasteiger partial charge in [-0.3, -0.25) is 9.59 Å². The summed E-state index contributed by atoms with van der Waals surface area (Å²) >= 11 is 0. The van der Waals surface area contributed by atoms with Crippen LogP contribution in [0.4, 0.5) is 10.1 Å². The van der Waals surface area contributed by atoms with Crippen molar-refractivity contribution in [2.45, 2.75) is 20.4 Å². The average Bonchev–Trinajstić information content (AvgIpc) is 3.25. The Morgan fingerprint density at radius 1 is 0.919 bits per heavy atom. The van der Waals surface area contributed by atoms with Crippen molar-refractivity contribution < 1.29 is 14.0 Å². The summed E-state index contributed by atoms with van der Waals surface area (Å²) in [6.07, 6.45) is 0. The van der Waals surface area contributed by atoms with Gasteiger partial charge in [0.05, 0.1) is 5.56 Å². The van der Waals surface area contributed by atoms with Crippen LogP contribution in [0.25, 0.3) is 10.9 Å². The predicted molar refractivity (Wildman–Crippen MR) is 145 cm³/mol. The standard InChI is InChI=1S/C30H31FN4O2/c1-3-33-13-15-34(16-14-33)30(37)28-19-23-18-24(32-29(36)25-9-4-5-10-26(25)31)11-12-27(23)35(28)20-22-8-6-7-21(2)17-22/h4-12,17-19H,3,13-16,20H2,1-2H3,(H,32,36). The van der Waals surface area contributed by atoms with Gasteiger partial charge in [-0.2, -0.15) is 0 Å². The number of piperazine rings is 1. The molecule has 1 aliphatic heterocycles. The van der Waals surface area contributed by atoms with Gasteiger partial charge >= 0.3 is 0 Å². The number of hydrogen-bond donors (Lipinski definition) is 1.